The van der Waals surface area contributed by atoms with Crippen molar-refractivity contribution in [2.75, 3.05) is 7.05 Å². The first-order valence-electron chi connectivity index (χ1n) is 4.56. The topological polar surface area (TPSA) is 40.7 Å². The molecule has 66 valence electrons. The van der Waals surface area contributed by atoms with E-state index in [0.29, 0.717) is 0 Å². The summed E-state index contributed by atoms with van der Waals surface area (Å²) in [6.07, 6.45) is 5.85. The maximum Gasteiger partial charge on any atom is 0.106 e. The van der Waals surface area contributed by atoms with Gasteiger partial charge in [-0.05, 0) is 25.8 Å². The Kier molecular flexibility index (Phi) is 2.13. The number of imidazole rings is 1. The van der Waals surface area contributed by atoms with E-state index < -0.39 is 0 Å². The maximum absolute atomic E-state index is 4.32. The third-order valence-electron chi connectivity index (χ3n) is 2.23. The highest BCUT2D eigenvalue weighted by molar-refractivity contribution is 5.02. The number of rotatable bonds is 4. The molecular weight excluding hydrogens is 150 g/mol. The summed E-state index contributed by atoms with van der Waals surface area (Å²) < 4.78 is 0. The lowest BCUT2D eigenvalue weighted by Gasteiger charge is -1.93. The van der Waals surface area contributed by atoms with Crippen LogP contribution in [0.3, 0.4) is 0 Å². The molecule has 1 aromatic rings. The molecule has 0 bridgehead atoms. The third-order valence-corrected chi connectivity index (χ3v) is 2.23. The van der Waals surface area contributed by atoms with Crippen LogP contribution in [0.1, 0.15) is 24.4 Å². The average molecular weight is 165 g/mol. The Labute approximate surface area is 72.6 Å². The number of aromatic amines is 1. The smallest absolute Gasteiger partial charge is 0.106 e. The van der Waals surface area contributed by atoms with Crippen molar-refractivity contribution in [1.29, 1.82) is 0 Å². The number of hydrogen-bond donors (Lipinski definition) is 2. The van der Waals surface area contributed by atoms with Crippen molar-refractivity contribution in [3.05, 3.63) is 17.7 Å². The average Bonchev–Trinajstić information content (AvgIpc) is 2.74. The first-order valence-corrected chi connectivity index (χ1v) is 4.56. The number of hydrogen-bond acceptors (Lipinski definition) is 2. The Morgan fingerprint density at radius 3 is 3.17 bits per heavy atom. The molecule has 1 aliphatic rings. The molecule has 2 rings (SSSR count). The van der Waals surface area contributed by atoms with Crippen LogP contribution in [0.4, 0.5) is 0 Å². The maximum atomic E-state index is 4.32. The second-order valence-corrected chi connectivity index (χ2v) is 3.53. The SMILES string of the molecule is CNCc1cnc(CC2CC2)[nH]1. The van der Waals surface area contributed by atoms with E-state index in [1.165, 1.54) is 18.5 Å². The molecule has 12 heavy (non-hydrogen) atoms. The van der Waals surface area contributed by atoms with Crippen molar-refractivity contribution in [1.82, 2.24) is 15.3 Å². The van der Waals surface area contributed by atoms with Gasteiger partial charge in [0.05, 0.1) is 0 Å². The Morgan fingerprint density at radius 1 is 1.67 bits per heavy atom. The van der Waals surface area contributed by atoms with Crippen LogP contribution in [0.25, 0.3) is 0 Å². The standard InChI is InChI=1S/C9H15N3/c1-10-5-8-6-11-9(12-8)4-7-2-3-7/h6-7,10H,2-5H2,1H3,(H,11,12). The van der Waals surface area contributed by atoms with Gasteiger partial charge in [-0.2, -0.15) is 0 Å². The normalized spacial score (nSPS) is 16.8. The number of aromatic nitrogens is 2. The molecule has 0 spiro atoms. The Bertz CT molecular complexity index is 250. The van der Waals surface area contributed by atoms with Crippen LogP contribution >= 0.6 is 0 Å². The van der Waals surface area contributed by atoms with Gasteiger partial charge in [0, 0.05) is 24.9 Å². The number of nitrogens with one attached hydrogen (secondary N) is 2. The van der Waals surface area contributed by atoms with Gasteiger partial charge in [0.1, 0.15) is 5.82 Å². The fourth-order valence-corrected chi connectivity index (χ4v) is 1.39. The predicted molar refractivity (Wildman–Crippen MR) is 47.8 cm³/mol. The van der Waals surface area contributed by atoms with Crippen molar-refractivity contribution in [3.63, 3.8) is 0 Å². The van der Waals surface area contributed by atoms with Gasteiger partial charge in [0.15, 0.2) is 0 Å². The molecule has 1 aromatic heterocycles. The highest BCUT2D eigenvalue weighted by Crippen LogP contribution is 2.31. The highest BCUT2D eigenvalue weighted by Gasteiger charge is 2.22. The van der Waals surface area contributed by atoms with Gasteiger partial charge in [-0.1, -0.05) is 0 Å². The second kappa shape index (κ2) is 3.27. The van der Waals surface area contributed by atoms with Gasteiger partial charge in [-0.25, -0.2) is 4.98 Å². The van der Waals surface area contributed by atoms with E-state index in [2.05, 4.69) is 15.3 Å². The van der Waals surface area contributed by atoms with Crippen molar-refractivity contribution >= 4 is 0 Å². The monoisotopic (exact) mass is 165 g/mol. The predicted octanol–water partition coefficient (Wildman–Crippen LogP) is 1.08. The van der Waals surface area contributed by atoms with E-state index in [4.69, 9.17) is 0 Å². The summed E-state index contributed by atoms with van der Waals surface area (Å²) in [5.41, 5.74) is 1.19. The molecule has 1 aliphatic carbocycles. The van der Waals surface area contributed by atoms with Crippen LogP contribution in [0, 0.1) is 5.92 Å². The van der Waals surface area contributed by atoms with Crippen LogP contribution in [-0.4, -0.2) is 17.0 Å². The lowest BCUT2D eigenvalue weighted by molar-refractivity contribution is 0.763. The molecule has 1 fully saturated rings. The van der Waals surface area contributed by atoms with Gasteiger partial charge >= 0.3 is 0 Å². The van der Waals surface area contributed by atoms with Crippen molar-refractivity contribution in [2.45, 2.75) is 25.8 Å². The van der Waals surface area contributed by atoms with Crippen LogP contribution < -0.4 is 5.32 Å². The summed E-state index contributed by atoms with van der Waals surface area (Å²) in [6, 6.07) is 0. The van der Waals surface area contributed by atoms with Crippen LogP contribution in [0.15, 0.2) is 6.20 Å². The van der Waals surface area contributed by atoms with E-state index in [1.807, 2.05) is 13.2 Å². The highest BCUT2D eigenvalue weighted by atomic mass is 14.9. The number of H-pyrrole nitrogens is 1. The minimum Gasteiger partial charge on any atom is -0.345 e. The van der Waals surface area contributed by atoms with Gasteiger partial charge in [-0.15, -0.1) is 0 Å². The molecule has 1 saturated carbocycles. The summed E-state index contributed by atoms with van der Waals surface area (Å²) in [4.78, 5) is 7.63. The zero-order valence-corrected chi connectivity index (χ0v) is 7.43. The second-order valence-electron chi connectivity index (χ2n) is 3.53. The molecule has 3 nitrogen and oxygen atoms in total. The zero-order chi connectivity index (χ0) is 8.39. The summed E-state index contributed by atoms with van der Waals surface area (Å²) in [6.45, 7) is 0.887. The largest absolute Gasteiger partial charge is 0.345 e. The van der Waals surface area contributed by atoms with E-state index >= 15 is 0 Å². The first kappa shape index (κ1) is 7.80. The Morgan fingerprint density at radius 2 is 2.50 bits per heavy atom. The first-order chi connectivity index (χ1) is 5.88. The van der Waals surface area contributed by atoms with Gasteiger partial charge in [0.25, 0.3) is 0 Å². The minimum atomic E-state index is 0.887. The van der Waals surface area contributed by atoms with Crippen LogP contribution in [0.2, 0.25) is 0 Å². The Balaban J connectivity index is 1.92. The van der Waals surface area contributed by atoms with Crippen LogP contribution in [0.5, 0.6) is 0 Å². The summed E-state index contributed by atoms with van der Waals surface area (Å²) in [5.74, 6) is 2.07. The molecular formula is C9H15N3. The molecule has 0 aliphatic heterocycles. The summed E-state index contributed by atoms with van der Waals surface area (Å²) >= 11 is 0. The zero-order valence-electron chi connectivity index (χ0n) is 7.43. The molecule has 3 heteroatoms. The lowest BCUT2D eigenvalue weighted by atomic mass is 10.3. The molecule has 1 heterocycles. The fourth-order valence-electron chi connectivity index (χ4n) is 1.39. The Hall–Kier alpha value is -0.830. The van der Waals surface area contributed by atoms with Crippen molar-refractivity contribution < 1.29 is 0 Å². The molecule has 0 saturated heterocycles. The van der Waals surface area contributed by atoms with E-state index in [-0.39, 0.29) is 0 Å². The van der Waals surface area contributed by atoms with Gasteiger partial charge in [-0.3, -0.25) is 0 Å². The summed E-state index contributed by atoms with van der Waals surface area (Å²) in [7, 11) is 1.95. The van der Waals surface area contributed by atoms with E-state index in [1.54, 1.807) is 0 Å². The summed E-state index contributed by atoms with van der Waals surface area (Å²) in [5, 5.41) is 3.10. The quantitative estimate of drug-likeness (QED) is 0.701. The van der Waals surface area contributed by atoms with Crippen LogP contribution in [-0.2, 0) is 13.0 Å². The van der Waals surface area contributed by atoms with Gasteiger partial charge in [0.2, 0.25) is 0 Å². The molecule has 0 amide bonds. The minimum absolute atomic E-state index is 0.887. The number of nitrogens with zero attached hydrogens (tertiary/aromatic N) is 1. The lowest BCUT2D eigenvalue weighted by Crippen LogP contribution is -2.05. The van der Waals surface area contributed by atoms with Crippen molar-refractivity contribution in [2.24, 2.45) is 5.92 Å². The molecule has 0 unspecified atom stereocenters. The molecule has 0 radical (unpaired) electrons. The molecule has 2 N–H and O–H groups in total. The van der Waals surface area contributed by atoms with Gasteiger partial charge < -0.3 is 10.3 Å². The van der Waals surface area contributed by atoms with E-state index in [9.17, 15) is 0 Å². The van der Waals surface area contributed by atoms with Crippen molar-refractivity contribution in [3.8, 4) is 0 Å². The van der Waals surface area contributed by atoms with E-state index in [0.717, 1.165) is 24.7 Å². The molecule has 0 atom stereocenters. The fraction of sp³-hybridized carbons (Fsp3) is 0.667. The third kappa shape index (κ3) is 1.85. The molecule has 0 aromatic carbocycles.